The van der Waals surface area contributed by atoms with Gasteiger partial charge in [-0.3, -0.25) is 9.59 Å². The van der Waals surface area contributed by atoms with Crippen molar-refractivity contribution in [1.82, 2.24) is 0 Å². The molecule has 0 aliphatic heterocycles. The Balaban J connectivity index is 3.36. The van der Waals surface area contributed by atoms with Gasteiger partial charge in [-0.15, -0.1) is 0 Å². The average molecular weight is 377 g/mol. The first-order valence-corrected chi connectivity index (χ1v) is 8.70. The van der Waals surface area contributed by atoms with Gasteiger partial charge < -0.3 is 18.9 Å². The van der Waals surface area contributed by atoms with Crippen molar-refractivity contribution < 1.29 is 28.5 Å². The van der Waals surface area contributed by atoms with Crippen LogP contribution in [0.2, 0.25) is 0 Å². The second kappa shape index (κ2) is 9.81. The third-order valence-corrected chi connectivity index (χ3v) is 3.78. The van der Waals surface area contributed by atoms with Crippen LogP contribution in [0, 0.1) is 11.3 Å². The predicted octanol–water partition coefficient (Wildman–Crippen LogP) is 3.15. The molecule has 7 heteroatoms. The molecule has 0 bridgehead atoms. The standard InChI is InChI=1S/C20H27NO6/c1-13(2)26-18(22)10-20(12-21,11-19(23)27-14(3)4)15-7-8-16(24-5)17(9-15)25-6/h7-9,13-14H,10-11H2,1-6H3. The zero-order chi connectivity index (χ0) is 20.6. The Bertz CT molecular complexity index is 681. The van der Waals surface area contributed by atoms with E-state index in [-0.39, 0.29) is 25.0 Å². The Morgan fingerprint density at radius 1 is 0.963 bits per heavy atom. The fraction of sp³-hybridized carbons (Fsp3) is 0.550. The van der Waals surface area contributed by atoms with E-state index in [1.807, 2.05) is 0 Å². The van der Waals surface area contributed by atoms with Crippen LogP contribution >= 0.6 is 0 Å². The summed E-state index contributed by atoms with van der Waals surface area (Å²) in [4.78, 5) is 24.6. The summed E-state index contributed by atoms with van der Waals surface area (Å²) < 4.78 is 20.9. The fourth-order valence-electron chi connectivity index (χ4n) is 2.65. The molecule has 0 aliphatic carbocycles. The number of esters is 2. The molecule has 7 nitrogen and oxygen atoms in total. The van der Waals surface area contributed by atoms with Crippen LogP contribution in [-0.4, -0.2) is 38.4 Å². The van der Waals surface area contributed by atoms with Crippen molar-refractivity contribution in [3.05, 3.63) is 23.8 Å². The molecule has 0 spiro atoms. The van der Waals surface area contributed by atoms with E-state index < -0.39 is 17.4 Å². The first kappa shape index (κ1) is 22.3. The van der Waals surface area contributed by atoms with E-state index in [4.69, 9.17) is 18.9 Å². The summed E-state index contributed by atoms with van der Waals surface area (Å²) in [6.07, 6.45) is -1.24. The lowest BCUT2D eigenvalue weighted by Gasteiger charge is -2.27. The van der Waals surface area contributed by atoms with Crippen molar-refractivity contribution in [1.29, 1.82) is 5.26 Å². The molecule has 0 heterocycles. The number of hydrogen-bond acceptors (Lipinski definition) is 7. The van der Waals surface area contributed by atoms with E-state index in [0.29, 0.717) is 17.1 Å². The van der Waals surface area contributed by atoms with Gasteiger partial charge in [0.25, 0.3) is 0 Å². The second-order valence-corrected chi connectivity index (χ2v) is 6.69. The molecule has 0 aromatic heterocycles. The number of ether oxygens (including phenoxy) is 4. The van der Waals surface area contributed by atoms with Gasteiger partial charge in [-0.1, -0.05) is 6.07 Å². The number of rotatable bonds is 9. The quantitative estimate of drug-likeness (QED) is 0.610. The fourth-order valence-corrected chi connectivity index (χ4v) is 2.65. The Hall–Kier alpha value is -2.75. The van der Waals surface area contributed by atoms with Crippen LogP contribution in [0.5, 0.6) is 11.5 Å². The predicted molar refractivity (Wildman–Crippen MR) is 98.5 cm³/mol. The van der Waals surface area contributed by atoms with Crippen molar-refractivity contribution in [2.24, 2.45) is 0 Å². The highest BCUT2D eigenvalue weighted by atomic mass is 16.5. The lowest BCUT2D eigenvalue weighted by Crippen LogP contribution is -2.33. The minimum Gasteiger partial charge on any atom is -0.493 e. The van der Waals surface area contributed by atoms with Crippen molar-refractivity contribution in [3.63, 3.8) is 0 Å². The number of hydrogen-bond donors (Lipinski definition) is 0. The first-order valence-electron chi connectivity index (χ1n) is 8.70. The van der Waals surface area contributed by atoms with Crippen LogP contribution in [0.25, 0.3) is 0 Å². The van der Waals surface area contributed by atoms with Crippen LogP contribution < -0.4 is 9.47 Å². The summed E-state index contributed by atoms with van der Waals surface area (Å²) in [7, 11) is 2.96. The summed E-state index contributed by atoms with van der Waals surface area (Å²) in [6.45, 7) is 6.87. The summed E-state index contributed by atoms with van der Waals surface area (Å²) >= 11 is 0. The maximum Gasteiger partial charge on any atom is 0.308 e. The topological polar surface area (TPSA) is 94.8 Å². The van der Waals surface area contributed by atoms with Crippen LogP contribution in [0.3, 0.4) is 0 Å². The van der Waals surface area contributed by atoms with Crippen LogP contribution in [0.15, 0.2) is 18.2 Å². The molecule has 1 aromatic carbocycles. The third kappa shape index (κ3) is 6.17. The van der Waals surface area contributed by atoms with Crippen LogP contribution in [-0.2, 0) is 24.5 Å². The summed E-state index contributed by atoms with van der Waals surface area (Å²) in [5.41, 5.74) is -0.999. The zero-order valence-electron chi connectivity index (χ0n) is 16.7. The van der Waals surface area contributed by atoms with E-state index in [1.165, 1.54) is 14.2 Å². The molecule has 0 atom stereocenters. The van der Waals surface area contributed by atoms with Crippen LogP contribution in [0.4, 0.5) is 0 Å². The average Bonchev–Trinajstić information content (AvgIpc) is 2.58. The Morgan fingerprint density at radius 2 is 1.44 bits per heavy atom. The highest BCUT2D eigenvalue weighted by Crippen LogP contribution is 2.38. The van der Waals surface area contributed by atoms with Gasteiger partial charge in [0.1, 0.15) is 5.41 Å². The van der Waals surface area contributed by atoms with E-state index >= 15 is 0 Å². The molecule has 0 saturated heterocycles. The molecule has 1 aromatic rings. The summed E-state index contributed by atoms with van der Waals surface area (Å²) in [5.74, 6) is -0.274. The number of carbonyl (C=O) groups is 2. The molecule has 0 unspecified atom stereocenters. The van der Waals surface area contributed by atoms with E-state index in [0.717, 1.165) is 0 Å². The molecular formula is C20H27NO6. The van der Waals surface area contributed by atoms with Crippen molar-refractivity contribution in [2.75, 3.05) is 14.2 Å². The number of nitriles is 1. The van der Waals surface area contributed by atoms with Crippen LogP contribution in [0.1, 0.15) is 46.1 Å². The summed E-state index contributed by atoms with van der Waals surface area (Å²) in [6, 6.07) is 6.98. The zero-order valence-corrected chi connectivity index (χ0v) is 16.7. The van der Waals surface area contributed by atoms with Crippen molar-refractivity contribution in [2.45, 2.75) is 58.2 Å². The van der Waals surface area contributed by atoms with Crippen molar-refractivity contribution in [3.8, 4) is 17.6 Å². The molecule has 0 N–H and O–H groups in total. The van der Waals surface area contributed by atoms with E-state index in [9.17, 15) is 14.9 Å². The number of nitrogens with zero attached hydrogens (tertiary/aromatic N) is 1. The molecule has 27 heavy (non-hydrogen) atoms. The van der Waals surface area contributed by atoms with Gasteiger partial charge in [0.15, 0.2) is 11.5 Å². The maximum atomic E-state index is 12.3. The van der Waals surface area contributed by atoms with E-state index in [2.05, 4.69) is 6.07 Å². The molecule has 0 amide bonds. The van der Waals surface area contributed by atoms with Crippen molar-refractivity contribution >= 4 is 11.9 Å². The summed E-state index contributed by atoms with van der Waals surface area (Å²) in [5, 5.41) is 9.95. The molecular weight excluding hydrogens is 350 g/mol. The minimum absolute atomic E-state index is 0.287. The molecule has 0 radical (unpaired) electrons. The Labute approximate surface area is 160 Å². The number of carbonyl (C=O) groups excluding carboxylic acids is 2. The number of methoxy groups -OCH3 is 2. The molecule has 0 aliphatic rings. The SMILES string of the molecule is COc1ccc(C(C#N)(CC(=O)OC(C)C)CC(=O)OC(C)C)cc1OC. The van der Waals surface area contributed by atoms with Gasteiger partial charge in [-0.2, -0.15) is 5.26 Å². The number of benzene rings is 1. The highest BCUT2D eigenvalue weighted by Gasteiger charge is 2.40. The largest absolute Gasteiger partial charge is 0.493 e. The van der Waals surface area contributed by atoms with Gasteiger partial charge in [0.2, 0.25) is 0 Å². The van der Waals surface area contributed by atoms with Gasteiger partial charge in [-0.25, -0.2) is 0 Å². The maximum absolute atomic E-state index is 12.3. The smallest absolute Gasteiger partial charge is 0.308 e. The monoisotopic (exact) mass is 377 g/mol. The van der Waals surface area contributed by atoms with Gasteiger partial charge >= 0.3 is 11.9 Å². The minimum atomic E-state index is -1.45. The van der Waals surface area contributed by atoms with Gasteiger partial charge in [0, 0.05) is 0 Å². The normalized spacial score (nSPS) is 11.1. The Morgan fingerprint density at radius 3 is 1.81 bits per heavy atom. The van der Waals surface area contributed by atoms with Gasteiger partial charge in [0.05, 0.1) is 45.3 Å². The van der Waals surface area contributed by atoms with Gasteiger partial charge in [-0.05, 0) is 45.4 Å². The molecule has 0 saturated carbocycles. The lowest BCUT2D eigenvalue weighted by atomic mass is 9.76. The highest BCUT2D eigenvalue weighted by molar-refractivity contribution is 5.78. The third-order valence-electron chi connectivity index (χ3n) is 3.78. The molecule has 0 fully saturated rings. The first-order chi connectivity index (χ1) is 12.7. The Kier molecular flexibility index (Phi) is 8.10. The molecule has 1 rings (SSSR count). The lowest BCUT2D eigenvalue weighted by molar-refractivity contribution is -0.151. The second-order valence-electron chi connectivity index (χ2n) is 6.69. The molecule has 148 valence electrons. The van der Waals surface area contributed by atoms with E-state index in [1.54, 1.807) is 45.9 Å².